The molecule has 23 heavy (non-hydrogen) atoms. The van der Waals surface area contributed by atoms with Crippen LogP contribution in [0.15, 0.2) is 16.3 Å². The molecule has 0 aliphatic carbocycles. The van der Waals surface area contributed by atoms with Crippen LogP contribution in [0.4, 0.5) is 0 Å². The lowest BCUT2D eigenvalue weighted by Gasteiger charge is -2.14. The lowest BCUT2D eigenvalue weighted by Crippen LogP contribution is -2.19. The molecule has 1 aliphatic heterocycles. The van der Waals surface area contributed by atoms with Crippen LogP contribution in [-0.4, -0.2) is 29.0 Å². The highest BCUT2D eigenvalue weighted by molar-refractivity contribution is 8.15. The van der Waals surface area contributed by atoms with E-state index in [1.54, 1.807) is 6.21 Å². The minimum atomic E-state index is -0.306. The van der Waals surface area contributed by atoms with Crippen LogP contribution in [0.5, 0.6) is 0 Å². The van der Waals surface area contributed by atoms with Gasteiger partial charge in [0, 0.05) is 12.5 Å². The molecule has 6 nitrogen and oxygen atoms in total. The molecule has 1 saturated heterocycles. The number of hydrogen-bond acceptors (Lipinski definition) is 6. The summed E-state index contributed by atoms with van der Waals surface area (Å²) in [7, 11) is 0. The van der Waals surface area contributed by atoms with Crippen LogP contribution in [0.2, 0.25) is 0 Å². The maximum atomic E-state index is 11.1. The molecule has 1 fully saturated rings. The molecule has 1 aromatic rings. The third kappa shape index (κ3) is 4.41. The number of ether oxygens (including phenoxy) is 1. The molecule has 1 amide bonds. The van der Waals surface area contributed by atoms with E-state index in [4.69, 9.17) is 4.74 Å². The van der Waals surface area contributed by atoms with E-state index in [0.29, 0.717) is 10.9 Å². The van der Waals surface area contributed by atoms with Crippen molar-refractivity contribution in [3.8, 4) is 0 Å². The first-order valence-corrected chi connectivity index (χ1v) is 8.13. The Kier molecular flexibility index (Phi) is 5.54. The predicted octanol–water partition coefficient (Wildman–Crippen LogP) is 2.23. The third-order valence-electron chi connectivity index (χ3n) is 3.53. The second-order valence-electron chi connectivity index (χ2n) is 5.29. The number of nitrogens with zero attached hydrogens (tertiary/aromatic N) is 2. The lowest BCUT2D eigenvalue weighted by molar-refractivity contribution is -0.142. The molecule has 7 heteroatoms. The molecule has 1 aliphatic rings. The summed E-state index contributed by atoms with van der Waals surface area (Å²) in [5, 5.41) is 11.2. The average Bonchev–Trinajstić information content (AvgIpc) is 2.87. The molecule has 1 N–H and O–H groups in total. The molecule has 0 unspecified atom stereocenters. The van der Waals surface area contributed by atoms with Crippen molar-refractivity contribution in [3.05, 3.63) is 33.9 Å². The maximum absolute atomic E-state index is 11.1. The molecule has 0 spiro atoms. The summed E-state index contributed by atoms with van der Waals surface area (Å²) in [4.78, 5) is 22.1. The zero-order valence-corrected chi connectivity index (χ0v) is 14.4. The first-order valence-electron chi connectivity index (χ1n) is 7.15. The minimum Gasteiger partial charge on any atom is -0.461 e. The van der Waals surface area contributed by atoms with Crippen molar-refractivity contribution in [1.29, 1.82) is 0 Å². The van der Waals surface area contributed by atoms with Crippen LogP contribution in [0.25, 0.3) is 0 Å². The van der Waals surface area contributed by atoms with E-state index in [2.05, 4.69) is 15.5 Å². The van der Waals surface area contributed by atoms with Gasteiger partial charge in [-0.15, -0.1) is 5.10 Å². The molecular formula is C16H19N3O3S. The van der Waals surface area contributed by atoms with E-state index in [0.717, 1.165) is 27.8 Å². The highest BCUT2D eigenvalue weighted by Crippen LogP contribution is 2.22. The summed E-state index contributed by atoms with van der Waals surface area (Å²) in [5.41, 5.74) is 5.07. The van der Waals surface area contributed by atoms with E-state index < -0.39 is 0 Å². The van der Waals surface area contributed by atoms with Crippen LogP contribution < -0.4 is 5.32 Å². The fraction of sp³-hybridized carbons (Fsp3) is 0.375. The SMILES string of the molecule is CC(=O)OCc1c(C)cc(C)c(C=NN=C2NC(=O)CS2)c1C. The summed E-state index contributed by atoms with van der Waals surface area (Å²) in [5.74, 6) is 0.0130. The van der Waals surface area contributed by atoms with Crippen LogP contribution in [0, 0.1) is 20.8 Å². The van der Waals surface area contributed by atoms with E-state index >= 15 is 0 Å². The number of nitrogens with one attached hydrogen (secondary N) is 1. The number of carbonyl (C=O) groups excluding carboxylic acids is 2. The van der Waals surface area contributed by atoms with Gasteiger partial charge in [0.2, 0.25) is 5.91 Å². The van der Waals surface area contributed by atoms with Gasteiger partial charge in [-0.1, -0.05) is 17.8 Å². The number of carbonyl (C=O) groups is 2. The topological polar surface area (TPSA) is 80.1 Å². The average molecular weight is 333 g/mol. The van der Waals surface area contributed by atoms with Gasteiger partial charge in [-0.25, -0.2) is 0 Å². The van der Waals surface area contributed by atoms with Crippen LogP contribution in [0.3, 0.4) is 0 Å². The Morgan fingerprint density at radius 1 is 1.39 bits per heavy atom. The van der Waals surface area contributed by atoms with Gasteiger partial charge in [-0.2, -0.15) is 5.10 Å². The van der Waals surface area contributed by atoms with Crippen LogP contribution in [0.1, 0.15) is 34.7 Å². The molecule has 122 valence electrons. The smallest absolute Gasteiger partial charge is 0.302 e. The third-order valence-corrected chi connectivity index (χ3v) is 4.40. The first-order chi connectivity index (χ1) is 10.9. The van der Waals surface area contributed by atoms with Crippen molar-refractivity contribution < 1.29 is 14.3 Å². The van der Waals surface area contributed by atoms with Gasteiger partial charge in [0.25, 0.3) is 0 Å². The molecule has 0 radical (unpaired) electrons. The van der Waals surface area contributed by atoms with Crippen molar-refractivity contribution >= 4 is 35.0 Å². The Balaban J connectivity index is 2.25. The zero-order valence-electron chi connectivity index (χ0n) is 13.6. The Hall–Kier alpha value is -2.15. The summed E-state index contributed by atoms with van der Waals surface area (Å²) < 4.78 is 5.12. The minimum absolute atomic E-state index is 0.0599. The Morgan fingerprint density at radius 2 is 2.13 bits per heavy atom. The number of rotatable bonds is 4. The zero-order chi connectivity index (χ0) is 17.0. The lowest BCUT2D eigenvalue weighted by atomic mass is 9.94. The highest BCUT2D eigenvalue weighted by atomic mass is 32.2. The predicted molar refractivity (Wildman–Crippen MR) is 91.8 cm³/mol. The van der Waals surface area contributed by atoms with Gasteiger partial charge < -0.3 is 10.1 Å². The molecule has 0 aromatic heterocycles. The fourth-order valence-corrected chi connectivity index (χ4v) is 2.99. The van der Waals surface area contributed by atoms with Gasteiger partial charge in [-0.05, 0) is 43.0 Å². The monoisotopic (exact) mass is 333 g/mol. The van der Waals surface area contributed by atoms with Gasteiger partial charge in [0.05, 0.1) is 12.0 Å². The number of hydrogen-bond donors (Lipinski definition) is 1. The van der Waals surface area contributed by atoms with Crippen molar-refractivity contribution in [2.75, 3.05) is 5.75 Å². The Bertz CT molecular complexity index is 711. The second kappa shape index (κ2) is 7.41. The number of aryl methyl sites for hydroxylation is 2. The van der Waals surface area contributed by atoms with Crippen molar-refractivity contribution in [1.82, 2.24) is 5.32 Å². The summed E-state index contributed by atoms with van der Waals surface area (Å²) in [6.07, 6.45) is 1.67. The summed E-state index contributed by atoms with van der Waals surface area (Å²) >= 11 is 1.33. The van der Waals surface area contributed by atoms with Crippen LogP contribution >= 0.6 is 11.8 Å². The van der Waals surface area contributed by atoms with E-state index in [1.807, 2.05) is 26.8 Å². The van der Waals surface area contributed by atoms with E-state index in [9.17, 15) is 9.59 Å². The highest BCUT2D eigenvalue weighted by Gasteiger charge is 2.16. The quantitative estimate of drug-likeness (QED) is 0.520. The normalized spacial score (nSPS) is 16.2. The van der Waals surface area contributed by atoms with Gasteiger partial charge in [-0.3, -0.25) is 9.59 Å². The Labute approximate surface area is 139 Å². The molecule has 1 heterocycles. The Morgan fingerprint density at radius 3 is 2.74 bits per heavy atom. The second-order valence-corrected chi connectivity index (χ2v) is 6.26. The van der Waals surface area contributed by atoms with Crippen molar-refractivity contribution in [2.24, 2.45) is 10.2 Å². The van der Waals surface area contributed by atoms with Gasteiger partial charge in [0.15, 0.2) is 5.17 Å². The molecule has 0 bridgehead atoms. The largest absolute Gasteiger partial charge is 0.461 e. The number of benzene rings is 1. The number of amides is 1. The van der Waals surface area contributed by atoms with Gasteiger partial charge >= 0.3 is 5.97 Å². The number of amidine groups is 1. The molecular weight excluding hydrogens is 314 g/mol. The summed E-state index contributed by atoms with van der Waals surface area (Å²) in [6, 6.07) is 2.03. The van der Waals surface area contributed by atoms with E-state index in [1.165, 1.54) is 18.7 Å². The van der Waals surface area contributed by atoms with Crippen LogP contribution in [-0.2, 0) is 20.9 Å². The molecule has 0 saturated carbocycles. The summed E-state index contributed by atoms with van der Waals surface area (Å²) in [6.45, 7) is 7.60. The van der Waals surface area contributed by atoms with Crippen molar-refractivity contribution in [3.63, 3.8) is 0 Å². The number of esters is 1. The molecule has 2 rings (SSSR count). The standard InChI is InChI=1S/C16H19N3O3S/c1-9-5-10(2)14(7-22-12(4)20)11(3)13(9)6-17-19-16-18-15(21)8-23-16/h5-6H,7-8H2,1-4H3,(H,18,19,21). The first kappa shape index (κ1) is 17.2. The molecule has 0 atom stereocenters. The maximum Gasteiger partial charge on any atom is 0.302 e. The molecule has 1 aromatic carbocycles. The fourth-order valence-electron chi connectivity index (χ4n) is 2.36. The van der Waals surface area contributed by atoms with Gasteiger partial charge in [0.1, 0.15) is 6.61 Å². The number of thioether (sulfide) groups is 1. The van der Waals surface area contributed by atoms with E-state index in [-0.39, 0.29) is 18.5 Å². The van der Waals surface area contributed by atoms with Crippen molar-refractivity contribution in [2.45, 2.75) is 34.3 Å².